The van der Waals surface area contributed by atoms with Gasteiger partial charge in [0.1, 0.15) is 0 Å². The second-order valence-electron chi connectivity index (χ2n) is 5.49. The highest BCUT2D eigenvalue weighted by atomic mass is 16.5. The van der Waals surface area contributed by atoms with Crippen LogP contribution in [0.15, 0.2) is 0 Å². The first-order valence-corrected chi connectivity index (χ1v) is 6.61. The van der Waals surface area contributed by atoms with Gasteiger partial charge in [-0.3, -0.25) is 0 Å². The van der Waals surface area contributed by atoms with Crippen molar-refractivity contribution in [2.24, 2.45) is 0 Å². The molecule has 4 heteroatoms. The summed E-state index contributed by atoms with van der Waals surface area (Å²) in [4.78, 5) is 2.50. The van der Waals surface area contributed by atoms with Crippen molar-refractivity contribution in [3.8, 4) is 0 Å². The predicted octanol–water partition coefficient (Wildman–Crippen LogP) is 0.846. The first-order chi connectivity index (χ1) is 8.04. The van der Waals surface area contributed by atoms with E-state index in [9.17, 15) is 5.11 Å². The minimum Gasteiger partial charge on any atom is -0.394 e. The lowest BCUT2D eigenvalue weighted by atomic mass is 9.93. The minimum atomic E-state index is -0.169. The van der Waals surface area contributed by atoms with Gasteiger partial charge in [0.25, 0.3) is 0 Å². The minimum absolute atomic E-state index is 0.169. The number of aliphatic hydroxyl groups is 1. The molecule has 2 atom stereocenters. The lowest BCUT2D eigenvalue weighted by Gasteiger charge is -2.39. The van der Waals surface area contributed by atoms with E-state index in [1.807, 2.05) is 7.05 Å². The highest BCUT2D eigenvalue weighted by Crippen LogP contribution is 2.20. The number of methoxy groups -OCH3 is 1. The van der Waals surface area contributed by atoms with Crippen LogP contribution in [0.1, 0.15) is 33.1 Å². The molecule has 0 spiro atoms. The lowest BCUT2D eigenvalue weighted by molar-refractivity contribution is 0.0218. The van der Waals surface area contributed by atoms with E-state index in [0.29, 0.717) is 12.1 Å². The molecule has 0 aromatic carbocycles. The van der Waals surface area contributed by atoms with Gasteiger partial charge in [-0.25, -0.2) is 0 Å². The molecule has 0 aromatic heterocycles. The number of aliphatic hydroxyl groups excluding tert-OH is 1. The van der Waals surface area contributed by atoms with E-state index in [2.05, 4.69) is 24.1 Å². The molecule has 2 N–H and O–H groups in total. The Hall–Kier alpha value is -0.160. The summed E-state index contributed by atoms with van der Waals surface area (Å²) in [5, 5.41) is 12.6. The smallest absolute Gasteiger partial charge is 0.0611 e. The van der Waals surface area contributed by atoms with Gasteiger partial charge in [-0.1, -0.05) is 0 Å². The molecule has 1 aliphatic heterocycles. The van der Waals surface area contributed by atoms with Crippen molar-refractivity contribution in [1.82, 2.24) is 10.2 Å². The van der Waals surface area contributed by atoms with Crippen molar-refractivity contribution in [3.05, 3.63) is 0 Å². The number of likely N-dealkylation sites (tertiary alicyclic amines) is 1. The molecule has 2 unspecified atom stereocenters. The van der Waals surface area contributed by atoms with E-state index in [1.165, 1.54) is 0 Å². The van der Waals surface area contributed by atoms with E-state index in [0.717, 1.165) is 32.4 Å². The average molecular weight is 244 g/mol. The molecule has 1 rings (SSSR count). The number of rotatable bonds is 6. The van der Waals surface area contributed by atoms with Crippen molar-refractivity contribution >= 4 is 0 Å². The van der Waals surface area contributed by atoms with Gasteiger partial charge in [0.2, 0.25) is 0 Å². The SMILES string of the molecule is CNC(C)(CO)CC(C)N1CCC(OC)CC1. The van der Waals surface area contributed by atoms with E-state index < -0.39 is 0 Å². The van der Waals surface area contributed by atoms with Crippen LogP contribution in [0.2, 0.25) is 0 Å². The summed E-state index contributed by atoms with van der Waals surface area (Å²) in [6, 6.07) is 0.498. The number of ether oxygens (including phenoxy) is 1. The summed E-state index contributed by atoms with van der Waals surface area (Å²) in [5.41, 5.74) is -0.169. The Labute approximate surface area is 105 Å². The number of hydrogen-bond acceptors (Lipinski definition) is 4. The first kappa shape index (κ1) is 14.9. The van der Waals surface area contributed by atoms with Crippen LogP contribution >= 0.6 is 0 Å². The molecular formula is C13H28N2O2. The Morgan fingerprint density at radius 1 is 1.47 bits per heavy atom. The van der Waals surface area contributed by atoms with Crippen LogP contribution in [0.25, 0.3) is 0 Å². The van der Waals surface area contributed by atoms with E-state index in [-0.39, 0.29) is 12.1 Å². The highest BCUT2D eigenvalue weighted by Gasteiger charge is 2.28. The molecule has 1 heterocycles. The standard InChI is InChI=1S/C13H28N2O2/c1-11(9-13(2,10-16)14-3)15-7-5-12(17-4)6-8-15/h11-12,14,16H,5-10H2,1-4H3. The fourth-order valence-electron chi connectivity index (χ4n) is 2.58. The Morgan fingerprint density at radius 2 is 2.06 bits per heavy atom. The van der Waals surface area contributed by atoms with Gasteiger partial charge in [-0.15, -0.1) is 0 Å². The van der Waals surface area contributed by atoms with Crippen LogP contribution < -0.4 is 5.32 Å². The third-order valence-electron chi connectivity index (χ3n) is 4.13. The Balaban J connectivity index is 2.41. The number of nitrogens with zero attached hydrogens (tertiary/aromatic N) is 1. The predicted molar refractivity (Wildman–Crippen MR) is 70.2 cm³/mol. The summed E-state index contributed by atoms with van der Waals surface area (Å²) in [6.07, 6.45) is 3.65. The van der Waals surface area contributed by atoms with Crippen molar-refractivity contribution in [3.63, 3.8) is 0 Å². The summed E-state index contributed by atoms with van der Waals surface area (Å²) in [7, 11) is 3.72. The average Bonchev–Trinajstić information content (AvgIpc) is 2.38. The molecule has 0 radical (unpaired) electrons. The normalized spacial score (nSPS) is 24.5. The van der Waals surface area contributed by atoms with Crippen LogP contribution in [0.3, 0.4) is 0 Å². The molecule has 0 saturated carbocycles. The van der Waals surface area contributed by atoms with Crippen molar-refractivity contribution < 1.29 is 9.84 Å². The van der Waals surface area contributed by atoms with Crippen LogP contribution in [0.5, 0.6) is 0 Å². The second kappa shape index (κ2) is 6.69. The van der Waals surface area contributed by atoms with Gasteiger partial charge >= 0.3 is 0 Å². The monoisotopic (exact) mass is 244 g/mol. The van der Waals surface area contributed by atoms with Crippen molar-refractivity contribution in [2.45, 2.75) is 50.8 Å². The molecule has 1 saturated heterocycles. The molecule has 1 fully saturated rings. The molecule has 102 valence electrons. The maximum Gasteiger partial charge on any atom is 0.0611 e. The van der Waals surface area contributed by atoms with E-state index in [1.54, 1.807) is 7.11 Å². The Morgan fingerprint density at radius 3 is 2.47 bits per heavy atom. The number of nitrogens with one attached hydrogen (secondary N) is 1. The van der Waals surface area contributed by atoms with Crippen LogP contribution in [0, 0.1) is 0 Å². The fraction of sp³-hybridized carbons (Fsp3) is 1.00. The molecule has 1 aliphatic rings. The van der Waals surface area contributed by atoms with Crippen LogP contribution in [-0.2, 0) is 4.74 Å². The third kappa shape index (κ3) is 4.21. The Kier molecular flexibility index (Phi) is 5.86. The number of piperidine rings is 1. The van der Waals surface area contributed by atoms with Gasteiger partial charge in [-0.2, -0.15) is 0 Å². The summed E-state index contributed by atoms with van der Waals surface area (Å²) in [6.45, 7) is 6.71. The molecule has 0 aromatic rings. The molecule has 17 heavy (non-hydrogen) atoms. The zero-order chi connectivity index (χ0) is 12.9. The zero-order valence-corrected chi connectivity index (χ0v) is 11.7. The maximum absolute atomic E-state index is 9.41. The van der Waals surface area contributed by atoms with E-state index >= 15 is 0 Å². The quantitative estimate of drug-likeness (QED) is 0.727. The third-order valence-corrected chi connectivity index (χ3v) is 4.13. The van der Waals surface area contributed by atoms with Gasteiger partial charge in [0.15, 0.2) is 0 Å². The Bertz CT molecular complexity index is 211. The van der Waals surface area contributed by atoms with Crippen molar-refractivity contribution in [2.75, 3.05) is 33.9 Å². The first-order valence-electron chi connectivity index (χ1n) is 6.61. The number of likely N-dealkylation sites (N-methyl/N-ethyl adjacent to an activating group) is 1. The fourth-order valence-corrected chi connectivity index (χ4v) is 2.58. The zero-order valence-electron chi connectivity index (χ0n) is 11.7. The molecule has 0 bridgehead atoms. The largest absolute Gasteiger partial charge is 0.394 e. The van der Waals surface area contributed by atoms with Crippen molar-refractivity contribution in [1.29, 1.82) is 0 Å². The van der Waals surface area contributed by atoms with Gasteiger partial charge in [-0.05, 0) is 40.2 Å². The summed E-state index contributed by atoms with van der Waals surface area (Å²) >= 11 is 0. The molecule has 4 nitrogen and oxygen atoms in total. The maximum atomic E-state index is 9.41. The van der Waals surface area contributed by atoms with E-state index in [4.69, 9.17) is 4.74 Å². The summed E-state index contributed by atoms with van der Waals surface area (Å²) in [5.74, 6) is 0. The van der Waals surface area contributed by atoms with Gasteiger partial charge in [0, 0.05) is 31.8 Å². The van der Waals surface area contributed by atoms with Crippen LogP contribution in [-0.4, -0.2) is 61.5 Å². The van der Waals surface area contributed by atoms with Gasteiger partial charge in [0.05, 0.1) is 12.7 Å². The number of hydrogen-bond donors (Lipinski definition) is 2. The molecular weight excluding hydrogens is 216 g/mol. The van der Waals surface area contributed by atoms with Crippen LogP contribution in [0.4, 0.5) is 0 Å². The lowest BCUT2D eigenvalue weighted by Crippen LogP contribution is -2.50. The highest BCUT2D eigenvalue weighted by molar-refractivity contribution is 4.87. The summed E-state index contributed by atoms with van der Waals surface area (Å²) < 4.78 is 5.38. The van der Waals surface area contributed by atoms with Gasteiger partial charge < -0.3 is 20.1 Å². The topological polar surface area (TPSA) is 44.7 Å². The molecule has 0 amide bonds. The second-order valence-corrected chi connectivity index (χ2v) is 5.49. The molecule has 0 aliphatic carbocycles.